The number of benzene rings is 1. The molecule has 154 valence electrons. The Bertz CT molecular complexity index is 1190. The summed E-state index contributed by atoms with van der Waals surface area (Å²) in [6.45, 7) is 0.507. The molecule has 1 atom stereocenters. The average Bonchev–Trinajstić information content (AvgIpc) is 3.31. The van der Waals surface area contributed by atoms with Crippen LogP contribution in [0.2, 0.25) is 5.02 Å². The van der Waals surface area contributed by atoms with Crippen molar-refractivity contribution >= 4 is 34.6 Å². The Morgan fingerprint density at radius 1 is 1.17 bits per heavy atom. The summed E-state index contributed by atoms with van der Waals surface area (Å²) < 4.78 is 2.65. The fourth-order valence-electron chi connectivity index (χ4n) is 3.24. The van der Waals surface area contributed by atoms with Gasteiger partial charge in [-0.05, 0) is 18.6 Å². The highest BCUT2D eigenvalue weighted by Crippen LogP contribution is 2.25. The Hall–Kier alpha value is -3.73. The molecule has 1 unspecified atom stereocenters. The molecule has 1 amide bonds. The number of aryl methyl sites for hydroxylation is 1. The Morgan fingerprint density at radius 3 is 2.53 bits per heavy atom. The van der Waals surface area contributed by atoms with Crippen molar-refractivity contribution in [2.75, 3.05) is 16.8 Å². The topological polar surface area (TPSA) is 128 Å². The summed E-state index contributed by atoms with van der Waals surface area (Å²) in [7, 11) is 1.77. The summed E-state index contributed by atoms with van der Waals surface area (Å²) in [6, 6.07) is 4.80. The largest absolute Gasteiger partial charge is 0.371 e. The molecule has 2 aromatic heterocycles. The summed E-state index contributed by atoms with van der Waals surface area (Å²) in [6.07, 6.45) is 5.24. The summed E-state index contributed by atoms with van der Waals surface area (Å²) >= 11 is 6.23. The third kappa shape index (κ3) is 3.50. The highest BCUT2D eigenvalue weighted by atomic mass is 35.5. The van der Waals surface area contributed by atoms with Gasteiger partial charge in [-0.25, -0.2) is 0 Å². The van der Waals surface area contributed by atoms with Crippen LogP contribution in [0.4, 0.5) is 17.1 Å². The van der Waals surface area contributed by atoms with E-state index in [1.807, 2.05) is 0 Å². The molecule has 30 heavy (non-hydrogen) atoms. The van der Waals surface area contributed by atoms with E-state index in [1.54, 1.807) is 29.0 Å². The number of hydrogen-bond donors (Lipinski definition) is 1. The molecule has 1 fully saturated rings. The second-order valence-corrected chi connectivity index (χ2v) is 7.09. The van der Waals surface area contributed by atoms with Crippen molar-refractivity contribution in [3.05, 3.63) is 68.3 Å². The minimum absolute atomic E-state index is 0.103. The average molecular weight is 430 g/mol. The van der Waals surface area contributed by atoms with Gasteiger partial charge < -0.3 is 10.2 Å². The van der Waals surface area contributed by atoms with Gasteiger partial charge in [0.05, 0.1) is 34.4 Å². The lowest BCUT2D eigenvalue weighted by atomic mass is 10.2. The molecule has 1 N–H and O–H groups in total. The number of amides is 1. The van der Waals surface area contributed by atoms with Crippen LogP contribution >= 0.6 is 11.6 Å². The Balaban J connectivity index is 1.55. The van der Waals surface area contributed by atoms with Crippen LogP contribution in [0.1, 0.15) is 6.42 Å². The maximum Gasteiger partial charge on any atom is 0.292 e. The molecule has 12 heteroatoms. The van der Waals surface area contributed by atoms with Crippen LogP contribution in [0.3, 0.4) is 0 Å². The molecule has 0 saturated carbocycles. The van der Waals surface area contributed by atoms with Crippen LogP contribution in [0.25, 0.3) is 5.69 Å². The number of non-ortho nitro benzene ring substituents is 1. The number of rotatable bonds is 5. The molecule has 3 aromatic rings. The molecule has 0 bridgehead atoms. The SMILES string of the molecule is Cn1cc(N2CCC(Nc3cnn(-c4ccc([N+](=O)[O-])cc4)c(=O)c3Cl)C2=O)cn1. The van der Waals surface area contributed by atoms with Crippen LogP contribution < -0.4 is 15.8 Å². The number of anilines is 2. The number of aromatic nitrogens is 4. The van der Waals surface area contributed by atoms with E-state index < -0.39 is 16.5 Å². The normalized spacial score (nSPS) is 16.1. The fraction of sp³-hybridized carbons (Fsp3) is 0.222. The molecule has 1 aliphatic rings. The van der Waals surface area contributed by atoms with Crippen molar-refractivity contribution < 1.29 is 9.72 Å². The zero-order chi connectivity index (χ0) is 21.4. The maximum atomic E-state index is 12.7. The summed E-state index contributed by atoms with van der Waals surface area (Å²) in [4.78, 5) is 37.2. The molecule has 3 heterocycles. The van der Waals surface area contributed by atoms with E-state index in [4.69, 9.17) is 11.6 Å². The third-order valence-corrected chi connectivity index (χ3v) is 5.13. The van der Waals surface area contributed by atoms with Crippen molar-refractivity contribution in [1.29, 1.82) is 0 Å². The molecule has 0 aliphatic carbocycles. The summed E-state index contributed by atoms with van der Waals surface area (Å²) in [5, 5.41) is 21.8. The smallest absolute Gasteiger partial charge is 0.292 e. The van der Waals surface area contributed by atoms with Gasteiger partial charge in [-0.1, -0.05) is 11.6 Å². The molecule has 11 nitrogen and oxygen atoms in total. The lowest BCUT2D eigenvalue weighted by molar-refractivity contribution is -0.384. The first kappa shape index (κ1) is 19.6. The predicted octanol–water partition coefficient (Wildman–Crippen LogP) is 1.74. The van der Waals surface area contributed by atoms with Gasteiger partial charge in [-0.3, -0.25) is 24.4 Å². The van der Waals surface area contributed by atoms with Crippen LogP contribution in [-0.2, 0) is 11.8 Å². The number of carbonyl (C=O) groups is 1. The first-order chi connectivity index (χ1) is 14.3. The number of carbonyl (C=O) groups excluding carboxylic acids is 1. The van der Waals surface area contributed by atoms with Gasteiger partial charge in [0.2, 0.25) is 5.91 Å². The second-order valence-electron chi connectivity index (χ2n) is 6.71. The lowest BCUT2D eigenvalue weighted by Crippen LogP contribution is -2.34. The highest BCUT2D eigenvalue weighted by Gasteiger charge is 2.33. The van der Waals surface area contributed by atoms with Crippen LogP contribution in [0, 0.1) is 10.1 Å². The van der Waals surface area contributed by atoms with E-state index in [0.29, 0.717) is 24.3 Å². The molecule has 1 saturated heterocycles. The molecule has 1 aliphatic heterocycles. The van der Waals surface area contributed by atoms with E-state index >= 15 is 0 Å². The first-order valence-corrected chi connectivity index (χ1v) is 9.32. The quantitative estimate of drug-likeness (QED) is 0.483. The van der Waals surface area contributed by atoms with Gasteiger partial charge in [-0.15, -0.1) is 0 Å². The van der Waals surface area contributed by atoms with Crippen LogP contribution in [0.15, 0.2) is 47.7 Å². The Labute approximate surface area is 174 Å². The van der Waals surface area contributed by atoms with E-state index in [-0.39, 0.29) is 22.3 Å². The minimum atomic E-state index is -0.606. The maximum absolute atomic E-state index is 12.7. The van der Waals surface area contributed by atoms with Gasteiger partial charge in [0.15, 0.2) is 0 Å². The zero-order valence-corrected chi connectivity index (χ0v) is 16.5. The summed E-state index contributed by atoms with van der Waals surface area (Å²) in [5.41, 5.74) is 0.564. The molecular formula is C18H16ClN7O4. The number of halogens is 1. The van der Waals surface area contributed by atoms with Crippen molar-refractivity contribution in [2.24, 2.45) is 7.05 Å². The number of nitrogens with one attached hydrogen (secondary N) is 1. The van der Waals surface area contributed by atoms with Crippen LogP contribution in [0.5, 0.6) is 0 Å². The number of nitrogens with zero attached hydrogens (tertiary/aromatic N) is 6. The van der Waals surface area contributed by atoms with Crippen molar-refractivity contribution in [3.63, 3.8) is 0 Å². The van der Waals surface area contributed by atoms with Gasteiger partial charge >= 0.3 is 0 Å². The standard InChI is InChI=1S/C18H16ClN7O4/c1-23-10-13(8-20-23)24-7-6-14(17(24)27)22-15-9-21-25(18(28)16(15)19)11-2-4-12(5-3-11)26(29)30/h2-5,8-10,14,22H,6-7H2,1H3. The van der Waals surface area contributed by atoms with Gasteiger partial charge in [-0.2, -0.15) is 14.9 Å². The van der Waals surface area contributed by atoms with Gasteiger partial charge in [0.25, 0.3) is 11.2 Å². The third-order valence-electron chi connectivity index (χ3n) is 4.76. The second kappa shape index (κ2) is 7.59. The van der Waals surface area contributed by atoms with E-state index in [1.165, 1.54) is 30.5 Å². The minimum Gasteiger partial charge on any atom is -0.371 e. The number of nitro groups is 1. The Morgan fingerprint density at radius 2 is 1.90 bits per heavy atom. The van der Waals surface area contributed by atoms with E-state index in [0.717, 1.165) is 4.68 Å². The molecular weight excluding hydrogens is 414 g/mol. The monoisotopic (exact) mass is 429 g/mol. The zero-order valence-electron chi connectivity index (χ0n) is 15.7. The van der Waals surface area contributed by atoms with Gasteiger partial charge in [0.1, 0.15) is 11.1 Å². The fourth-order valence-corrected chi connectivity index (χ4v) is 3.42. The molecule has 0 radical (unpaired) electrons. The predicted molar refractivity (Wildman–Crippen MR) is 109 cm³/mol. The van der Waals surface area contributed by atoms with E-state index in [9.17, 15) is 19.7 Å². The van der Waals surface area contributed by atoms with Crippen molar-refractivity contribution in [3.8, 4) is 5.69 Å². The molecule has 1 aromatic carbocycles. The number of nitro benzene ring substituents is 1. The molecule has 4 rings (SSSR count). The highest BCUT2D eigenvalue weighted by molar-refractivity contribution is 6.33. The van der Waals surface area contributed by atoms with Crippen molar-refractivity contribution in [1.82, 2.24) is 19.6 Å². The number of hydrogen-bond acceptors (Lipinski definition) is 7. The lowest BCUT2D eigenvalue weighted by Gasteiger charge is -2.16. The molecule has 0 spiro atoms. The summed E-state index contributed by atoms with van der Waals surface area (Å²) in [5.74, 6) is -0.154. The van der Waals surface area contributed by atoms with E-state index in [2.05, 4.69) is 15.5 Å². The van der Waals surface area contributed by atoms with Crippen molar-refractivity contribution in [2.45, 2.75) is 12.5 Å². The first-order valence-electron chi connectivity index (χ1n) is 8.94. The Kier molecular flexibility index (Phi) is 4.96. The van der Waals surface area contributed by atoms with Crippen LogP contribution in [-0.4, -0.2) is 43.0 Å². The van der Waals surface area contributed by atoms with Gasteiger partial charge in [0, 0.05) is 31.9 Å².